The van der Waals surface area contributed by atoms with Gasteiger partial charge in [-0.25, -0.2) is 5.01 Å². The lowest BCUT2D eigenvalue weighted by Gasteiger charge is -2.28. The van der Waals surface area contributed by atoms with Crippen LogP contribution in [-0.4, -0.2) is 31.2 Å². The molecule has 1 heterocycles. The summed E-state index contributed by atoms with van der Waals surface area (Å²) in [7, 11) is 0. The van der Waals surface area contributed by atoms with Gasteiger partial charge >= 0.3 is 0 Å². The number of rotatable bonds is 3. The molecule has 0 aromatic rings. The van der Waals surface area contributed by atoms with Crippen molar-refractivity contribution in [2.45, 2.75) is 26.1 Å². The molecule has 0 radical (unpaired) electrons. The van der Waals surface area contributed by atoms with Crippen molar-refractivity contribution in [1.29, 1.82) is 0 Å². The molecular weight excluding hydrogens is 144 g/mol. The second-order valence-corrected chi connectivity index (χ2v) is 2.70. The molecule has 0 aromatic carbocycles. The highest BCUT2D eigenvalue weighted by atomic mass is 16.7. The Labute approximate surface area is 67.2 Å². The van der Waals surface area contributed by atoms with Crippen molar-refractivity contribution < 1.29 is 9.47 Å². The van der Waals surface area contributed by atoms with Crippen LogP contribution in [0.15, 0.2) is 0 Å². The number of hydrogen-bond donors (Lipinski definition) is 1. The third-order valence-electron chi connectivity index (χ3n) is 1.59. The fraction of sp³-hybridized carbons (Fsp3) is 1.00. The fourth-order valence-corrected chi connectivity index (χ4v) is 0.979. The summed E-state index contributed by atoms with van der Waals surface area (Å²) in [5.74, 6) is 5.48. The largest absolute Gasteiger partial charge is 0.353 e. The number of hydrogen-bond acceptors (Lipinski definition) is 4. The van der Waals surface area contributed by atoms with E-state index in [1.807, 2.05) is 0 Å². The summed E-state index contributed by atoms with van der Waals surface area (Å²) in [6.07, 6.45) is 1.87. The van der Waals surface area contributed by atoms with E-state index in [-0.39, 0.29) is 6.29 Å². The van der Waals surface area contributed by atoms with Gasteiger partial charge in [-0.15, -0.1) is 0 Å². The van der Waals surface area contributed by atoms with Gasteiger partial charge in [0.15, 0.2) is 6.29 Å². The highest BCUT2D eigenvalue weighted by Crippen LogP contribution is 2.07. The van der Waals surface area contributed by atoms with Gasteiger partial charge in [0, 0.05) is 19.6 Å². The first-order valence-electron chi connectivity index (χ1n) is 4.05. The molecular formula is C7H16N2O2. The zero-order valence-electron chi connectivity index (χ0n) is 6.95. The number of nitrogens with two attached hydrogens (primary N) is 1. The molecule has 0 saturated carbocycles. The van der Waals surface area contributed by atoms with E-state index in [0.29, 0.717) is 6.73 Å². The Kier molecular flexibility index (Phi) is 3.79. The van der Waals surface area contributed by atoms with Crippen molar-refractivity contribution in [2.24, 2.45) is 5.84 Å². The van der Waals surface area contributed by atoms with E-state index in [2.05, 4.69) is 6.92 Å². The van der Waals surface area contributed by atoms with E-state index < -0.39 is 0 Å². The van der Waals surface area contributed by atoms with Crippen LogP contribution < -0.4 is 5.84 Å². The van der Waals surface area contributed by atoms with Gasteiger partial charge in [0.05, 0.1) is 0 Å². The van der Waals surface area contributed by atoms with Crippen LogP contribution in [0.1, 0.15) is 19.8 Å². The first kappa shape index (κ1) is 8.93. The van der Waals surface area contributed by atoms with Crippen molar-refractivity contribution in [1.82, 2.24) is 5.01 Å². The van der Waals surface area contributed by atoms with Crippen LogP contribution in [0.2, 0.25) is 0 Å². The van der Waals surface area contributed by atoms with E-state index in [9.17, 15) is 0 Å². The molecule has 1 aliphatic heterocycles. The van der Waals surface area contributed by atoms with Crippen LogP contribution in [0.4, 0.5) is 0 Å². The Morgan fingerprint density at radius 1 is 1.73 bits per heavy atom. The van der Waals surface area contributed by atoms with Crippen molar-refractivity contribution in [3.63, 3.8) is 0 Å². The predicted octanol–water partition coefficient (Wildman–Crippen LogP) is 0.293. The predicted molar refractivity (Wildman–Crippen MR) is 41.5 cm³/mol. The van der Waals surface area contributed by atoms with Gasteiger partial charge in [-0.2, -0.15) is 0 Å². The van der Waals surface area contributed by atoms with E-state index >= 15 is 0 Å². The molecule has 1 aliphatic rings. The van der Waals surface area contributed by atoms with Gasteiger partial charge in [0.1, 0.15) is 6.73 Å². The summed E-state index contributed by atoms with van der Waals surface area (Å²) in [5, 5.41) is 1.64. The number of nitrogens with zero attached hydrogens (tertiary/aromatic N) is 1. The minimum absolute atomic E-state index is 0.0326. The molecule has 4 heteroatoms. The molecule has 0 unspecified atom stereocenters. The summed E-state index contributed by atoms with van der Waals surface area (Å²) >= 11 is 0. The first-order valence-corrected chi connectivity index (χ1v) is 4.05. The van der Waals surface area contributed by atoms with Crippen LogP contribution in [0.25, 0.3) is 0 Å². The number of ether oxygens (including phenoxy) is 2. The summed E-state index contributed by atoms with van der Waals surface area (Å²) in [5.41, 5.74) is 0. The van der Waals surface area contributed by atoms with Crippen molar-refractivity contribution in [3.8, 4) is 0 Å². The molecule has 4 nitrogen and oxygen atoms in total. The quantitative estimate of drug-likeness (QED) is 0.603. The summed E-state index contributed by atoms with van der Waals surface area (Å²) in [6, 6.07) is 0. The fourth-order valence-electron chi connectivity index (χ4n) is 0.979. The monoisotopic (exact) mass is 160 g/mol. The standard InChI is InChI=1S/C7H16N2O2/c1-2-5-10-7-3-4-9(8)6-11-7/h7H,2-6,8H2,1H3/t7-/m1/s1. The zero-order valence-corrected chi connectivity index (χ0v) is 6.95. The minimum atomic E-state index is -0.0326. The van der Waals surface area contributed by atoms with Crippen molar-refractivity contribution >= 4 is 0 Å². The second-order valence-electron chi connectivity index (χ2n) is 2.70. The molecule has 1 atom stereocenters. The molecule has 1 rings (SSSR count). The van der Waals surface area contributed by atoms with Gasteiger partial charge in [-0.3, -0.25) is 5.84 Å². The summed E-state index contributed by atoms with van der Waals surface area (Å²) < 4.78 is 10.6. The average Bonchev–Trinajstić information content (AvgIpc) is 2.04. The Morgan fingerprint density at radius 3 is 3.09 bits per heavy atom. The van der Waals surface area contributed by atoms with Crippen LogP contribution in [0, 0.1) is 0 Å². The van der Waals surface area contributed by atoms with Crippen LogP contribution in [0.5, 0.6) is 0 Å². The Bertz CT molecular complexity index is 99.9. The molecule has 0 amide bonds. The smallest absolute Gasteiger partial charge is 0.160 e. The molecule has 2 N–H and O–H groups in total. The van der Waals surface area contributed by atoms with Gasteiger partial charge in [0.2, 0.25) is 0 Å². The maximum absolute atomic E-state index is 5.48. The molecule has 0 bridgehead atoms. The normalized spacial score (nSPS) is 27.3. The van der Waals surface area contributed by atoms with E-state index in [1.165, 1.54) is 0 Å². The molecule has 66 valence electrons. The Balaban J connectivity index is 2.07. The van der Waals surface area contributed by atoms with Crippen molar-refractivity contribution in [3.05, 3.63) is 0 Å². The van der Waals surface area contributed by atoms with Crippen LogP contribution in [-0.2, 0) is 9.47 Å². The molecule has 1 saturated heterocycles. The summed E-state index contributed by atoms with van der Waals surface area (Å²) in [6.45, 7) is 4.19. The van der Waals surface area contributed by atoms with Gasteiger partial charge < -0.3 is 9.47 Å². The summed E-state index contributed by atoms with van der Waals surface area (Å²) in [4.78, 5) is 0. The third kappa shape index (κ3) is 3.16. The average molecular weight is 160 g/mol. The van der Waals surface area contributed by atoms with Crippen molar-refractivity contribution in [2.75, 3.05) is 19.9 Å². The highest BCUT2D eigenvalue weighted by Gasteiger charge is 2.16. The molecule has 0 aliphatic carbocycles. The zero-order chi connectivity index (χ0) is 8.10. The van der Waals surface area contributed by atoms with Crippen LogP contribution >= 0.6 is 0 Å². The third-order valence-corrected chi connectivity index (χ3v) is 1.59. The first-order chi connectivity index (χ1) is 5.33. The molecule has 1 fully saturated rings. The maximum Gasteiger partial charge on any atom is 0.160 e. The SMILES string of the molecule is CCCO[C@H]1CCN(N)CO1. The lowest BCUT2D eigenvalue weighted by atomic mass is 10.4. The molecule has 0 spiro atoms. The molecule has 11 heavy (non-hydrogen) atoms. The lowest BCUT2D eigenvalue weighted by Crippen LogP contribution is -2.43. The molecule has 0 aromatic heterocycles. The van der Waals surface area contributed by atoms with E-state index in [0.717, 1.165) is 26.0 Å². The Hall–Kier alpha value is -0.160. The van der Waals surface area contributed by atoms with Crippen LogP contribution in [0.3, 0.4) is 0 Å². The lowest BCUT2D eigenvalue weighted by molar-refractivity contribution is -0.198. The van der Waals surface area contributed by atoms with Gasteiger partial charge in [0.25, 0.3) is 0 Å². The van der Waals surface area contributed by atoms with Gasteiger partial charge in [-0.05, 0) is 6.42 Å². The van der Waals surface area contributed by atoms with E-state index in [4.69, 9.17) is 15.3 Å². The minimum Gasteiger partial charge on any atom is -0.353 e. The second kappa shape index (κ2) is 4.66. The van der Waals surface area contributed by atoms with Gasteiger partial charge in [-0.1, -0.05) is 6.92 Å². The number of hydrazine groups is 1. The maximum atomic E-state index is 5.48. The van der Waals surface area contributed by atoms with E-state index in [1.54, 1.807) is 5.01 Å². The topological polar surface area (TPSA) is 47.7 Å². The highest BCUT2D eigenvalue weighted by molar-refractivity contribution is 4.55. The Morgan fingerprint density at radius 2 is 2.55 bits per heavy atom.